The molecule has 2 aromatic heterocycles. The van der Waals surface area contributed by atoms with Crippen molar-refractivity contribution < 1.29 is 9.59 Å². The molecular formula is C18H16N6O2. The van der Waals surface area contributed by atoms with Crippen molar-refractivity contribution in [3.63, 3.8) is 0 Å². The lowest BCUT2D eigenvalue weighted by Crippen LogP contribution is -2.16. The van der Waals surface area contributed by atoms with Gasteiger partial charge in [-0.1, -0.05) is 18.2 Å². The van der Waals surface area contributed by atoms with E-state index in [2.05, 4.69) is 30.8 Å². The maximum absolute atomic E-state index is 12.3. The third-order valence-electron chi connectivity index (χ3n) is 4.22. The van der Waals surface area contributed by atoms with E-state index in [1.807, 2.05) is 6.07 Å². The van der Waals surface area contributed by atoms with E-state index in [-0.39, 0.29) is 23.7 Å². The Bertz CT molecular complexity index is 909. The largest absolute Gasteiger partial charge is 0.324 e. The number of carbonyl (C=O) groups is 2. The van der Waals surface area contributed by atoms with Gasteiger partial charge in [-0.2, -0.15) is 5.10 Å². The van der Waals surface area contributed by atoms with Crippen molar-refractivity contribution in [1.82, 2.24) is 20.2 Å². The number of hydrogen-bond acceptors (Lipinski definition) is 5. The fourth-order valence-electron chi connectivity index (χ4n) is 2.74. The second kappa shape index (κ2) is 6.75. The van der Waals surface area contributed by atoms with E-state index < -0.39 is 0 Å². The van der Waals surface area contributed by atoms with Crippen LogP contribution in [0.1, 0.15) is 28.5 Å². The average molecular weight is 348 g/mol. The molecule has 26 heavy (non-hydrogen) atoms. The molecule has 0 aliphatic heterocycles. The highest BCUT2D eigenvalue weighted by atomic mass is 16.2. The quantitative estimate of drug-likeness (QED) is 0.654. The third-order valence-corrected chi connectivity index (χ3v) is 4.22. The standard InChI is InChI=1S/C18H16N6O2/c25-17(11-4-2-1-3-5-11)23-15-7-6-12(9-19-15)22-18(26)14-8-13(14)16-20-10-21-24-16/h1-7,9-10,13-14H,8H2,(H,22,26)(H,19,23,25)(H,20,21,24)/t13-,14-/m0/s1. The summed E-state index contributed by atoms with van der Waals surface area (Å²) in [6, 6.07) is 12.2. The molecule has 0 bridgehead atoms. The molecule has 1 aromatic carbocycles. The second-order valence-electron chi connectivity index (χ2n) is 6.06. The predicted molar refractivity (Wildman–Crippen MR) is 94.5 cm³/mol. The predicted octanol–water partition coefficient (Wildman–Crippen LogP) is 2.19. The van der Waals surface area contributed by atoms with Gasteiger partial charge in [0.15, 0.2) is 0 Å². The molecule has 1 aliphatic rings. The maximum Gasteiger partial charge on any atom is 0.256 e. The maximum atomic E-state index is 12.3. The summed E-state index contributed by atoms with van der Waals surface area (Å²) in [6.07, 6.45) is 3.71. The van der Waals surface area contributed by atoms with Gasteiger partial charge in [0.05, 0.1) is 11.9 Å². The van der Waals surface area contributed by atoms with Crippen LogP contribution in [-0.4, -0.2) is 32.0 Å². The molecule has 1 fully saturated rings. The summed E-state index contributed by atoms with van der Waals surface area (Å²) >= 11 is 0. The van der Waals surface area contributed by atoms with Crippen molar-refractivity contribution in [3.8, 4) is 0 Å². The Morgan fingerprint density at radius 3 is 2.58 bits per heavy atom. The van der Waals surface area contributed by atoms with Gasteiger partial charge in [0, 0.05) is 17.4 Å². The Kier molecular flexibility index (Phi) is 4.14. The number of rotatable bonds is 5. The first-order valence-corrected chi connectivity index (χ1v) is 8.19. The molecule has 8 nitrogen and oxygen atoms in total. The summed E-state index contributed by atoms with van der Waals surface area (Å²) in [6.45, 7) is 0. The highest BCUT2D eigenvalue weighted by molar-refractivity contribution is 6.03. The molecule has 2 heterocycles. The summed E-state index contributed by atoms with van der Waals surface area (Å²) in [5, 5.41) is 12.1. The van der Waals surface area contributed by atoms with Crippen molar-refractivity contribution in [1.29, 1.82) is 0 Å². The van der Waals surface area contributed by atoms with E-state index in [9.17, 15) is 9.59 Å². The summed E-state index contributed by atoms with van der Waals surface area (Å²) in [4.78, 5) is 32.6. The van der Waals surface area contributed by atoms with Crippen molar-refractivity contribution >= 4 is 23.3 Å². The van der Waals surface area contributed by atoms with Gasteiger partial charge in [-0.25, -0.2) is 9.97 Å². The first-order chi connectivity index (χ1) is 12.7. The number of H-pyrrole nitrogens is 1. The van der Waals surface area contributed by atoms with Crippen molar-refractivity contribution in [2.75, 3.05) is 10.6 Å². The van der Waals surface area contributed by atoms with Crippen LogP contribution in [0.4, 0.5) is 11.5 Å². The van der Waals surface area contributed by atoms with Crippen LogP contribution in [0.3, 0.4) is 0 Å². The minimum Gasteiger partial charge on any atom is -0.324 e. The SMILES string of the molecule is O=C(Nc1ccc(NC(=O)[C@H]2C[C@@H]2c2ncn[nH]2)cn1)c1ccccc1. The number of nitrogens with zero attached hydrogens (tertiary/aromatic N) is 3. The van der Waals surface area contributed by atoms with Crippen LogP contribution in [0.2, 0.25) is 0 Å². The van der Waals surface area contributed by atoms with Gasteiger partial charge in [0.2, 0.25) is 5.91 Å². The third kappa shape index (κ3) is 3.44. The van der Waals surface area contributed by atoms with E-state index in [0.29, 0.717) is 17.1 Å². The van der Waals surface area contributed by atoms with Crippen LogP contribution < -0.4 is 10.6 Å². The Morgan fingerprint density at radius 2 is 1.88 bits per heavy atom. The number of nitrogens with one attached hydrogen (secondary N) is 3. The molecule has 3 N–H and O–H groups in total. The van der Waals surface area contributed by atoms with E-state index in [1.54, 1.807) is 36.4 Å². The van der Waals surface area contributed by atoms with Crippen LogP contribution in [0.5, 0.6) is 0 Å². The normalized spacial score (nSPS) is 18.2. The summed E-state index contributed by atoms with van der Waals surface area (Å²) < 4.78 is 0. The van der Waals surface area contributed by atoms with Crippen LogP contribution in [0.15, 0.2) is 55.0 Å². The van der Waals surface area contributed by atoms with E-state index in [1.165, 1.54) is 12.5 Å². The first-order valence-electron chi connectivity index (χ1n) is 8.19. The molecule has 3 aromatic rings. The summed E-state index contributed by atoms with van der Waals surface area (Å²) in [5.74, 6) is 0.831. The number of hydrogen-bond donors (Lipinski definition) is 3. The van der Waals surface area contributed by atoms with Crippen LogP contribution in [0, 0.1) is 5.92 Å². The minimum absolute atomic E-state index is 0.0747. The number of amides is 2. The molecule has 2 atom stereocenters. The Balaban J connectivity index is 1.33. The number of benzene rings is 1. The number of aromatic nitrogens is 4. The fourth-order valence-corrected chi connectivity index (χ4v) is 2.74. The summed E-state index contributed by atoms with van der Waals surface area (Å²) in [5.41, 5.74) is 1.13. The molecule has 0 spiro atoms. The molecule has 4 rings (SSSR count). The lowest BCUT2D eigenvalue weighted by molar-refractivity contribution is -0.117. The lowest BCUT2D eigenvalue weighted by Gasteiger charge is -2.07. The van der Waals surface area contributed by atoms with Gasteiger partial charge in [0.25, 0.3) is 5.91 Å². The molecule has 2 amide bonds. The zero-order chi connectivity index (χ0) is 17.9. The lowest BCUT2D eigenvalue weighted by atomic mass is 10.2. The monoisotopic (exact) mass is 348 g/mol. The van der Waals surface area contributed by atoms with E-state index in [4.69, 9.17) is 0 Å². The van der Waals surface area contributed by atoms with E-state index >= 15 is 0 Å². The molecule has 1 aliphatic carbocycles. The van der Waals surface area contributed by atoms with Crippen LogP contribution >= 0.6 is 0 Å². The van der Waals surface area contributed by atoms with Crippen molar-refractivity contribution in [2.24, 2.45) is 5.92 Å². The van der Waals surface area contributed by atoms with Gasteiger partial charge in [-0.05, 0) is 30.7 Å². The van der Waals surface area contributed by atoms with Crippen molar-refractivity contribution in [3.05, 3.63) is 66.4 Å². The molecule has 0 unspecified atom stereocenters. The fraction of sp³-hybridized carbons (Fsp3) is 0.167. The Hall–Kier alpha value is -3.55. The van der Waals surface area contributed by atoms with E-state index in [0.717, 1.165) is 12.2 Å². The number of pyridine rings is 1. The number of anilines is 2. The average Bonchev–Trinajstić information content (AvgIpc) is 3.29. The second-order valence-corrected chi connectivity index (χ2v) is 6.06. The Labute approximate surface area is 149 Å². The van der Waals surface area contributed by atoms with Gasteiger partial charge < -0.3 is 10.6 Å². The van der Waals surface area contributed by atoms with Crippen LogP contribution in [-0.2, 0) is 4.79 Å². The molecule has 0 saturated heterocycles. The minimum atomic E-state index is -0.234. The summed E-state index contributed by atoms with van der Waals surface area (Å²) in [7, 11) is 0. The smallest absolute Gasteiger partial charge is 0.256 e. The number of carbonyl (C=O) groups excluding carboxylic acids is 2. The molecule has 130 valence electrons. The zero-order valence-corrected chi connectivity index (χ0v) is 13.7. The highest BCUT2D eigenvalue weighted by Gasteiger charge is 2.46. The molecule has 1 saturated carbocycles. The van der Waals surface area contributed by atoms with Gasteiger partial charge in [-0.15, -0.1) is 0 Å². The van der Waals surface area contributed by atoms with Gasteiger partial charge >= 0.3 is 0 Å². The zero-order valence-electron chi connectivity index (χ0n) is 13.7. The van der Waals surface area contributed by atoms with Gasteiger partial charge in [0.1, 0.15) is 18.0 Å². The molecular weight excluding hydrogens is 332 g/mol. The topological polar surface area (TPSA) is 113 Å². The molecule has 0 radical (unpaired) electrons. The van der Waals surface area contributed by atoms with Gasteiger partial charge in [-0.3, -0.25) is 14.7 Å². The molecule has 8 heteroatoms. The Morgan fingerprint density at radius 1 is 1.04 bits per heavy atom. The number of aromatic amines is 1. The highest BCUT2D eigenvalue weighted by Crippen LogP contribution is 2.46. The van der Waals surface area contributed by atoms with Crippen molar-refractivity contribution in [2.45, 2.75) is 12.3 Å². The van der Waals surface area contributed by atoms with Crippen LogP contribution in [0.25, 0.3) is 0 Å². The first kappa shape index (κ1) is 15.9.